The molecule has 3 aromatic carbocycles. The van der Waals surface area contributed by atoms with Crippen LogP contribution in [0.15, 0.2) is 78.9 Å². The molecule has 1 N–H and O–H groups in total. The molecule has 0 fully saturated rings. The van der Waals surface area contributed by atoms with Gasteiger partial charge in [-0.15, -0.1) is 0 Å². The van der Waals surface area contributed by atoms with E-state index in [2.05, 4.69) is 5.32 Å². The fraction of sp³-hybridized carbons (Fsp3) is 0.310. The van der Waals surface area contributed by atoms with Gasteiger partial charge >= 0.3 is 0 Å². The van der Waals surface area contributed by atoms with Crippen molar-refractivity contribution in [3.63, 3.8) is 0 Å². The highest BCUT2D eigenvalue weighted by atomic mass is 35.5. The van der Waals surface area contributed by atoms with Crippen molar-refractivity contribution in [1.29, 1.82) is 0 Å². The van der Waals surface area contributed by atoms with Crippen LogP contribution in [0.3, 0.4) is 0 Å². The van der Waals surface area contributed by atoms with E-state index in [0.717, 1.165) is 16.7 Å². The predicted octanol–water partition coefficient (Wildman–Crippen LogP) is 6.48. The molecule has 4 nitrogen and oxygen atoms in total. The predicted molar refractivity (Wildman–Crippen MR) is 144 cm³/mol. The zero-order valence-electron chi connectivity index (χ0n) is 20.4. The van der Waals surface area contributed by atoms with Crippen LogP contribution in [0.2, 0.25) is 10.0 Å². The Morgan fingerprint density at radius 3 is 1.94 bits per heavy atom. The summed E-state index contributed by atoms with van der Waals surface area (Å²) in [5.74, 6) is -0.325. The van der Waals surface area contributed by atoms with Crippen LogP contribution in [0.5, 0.6) is 0 Å². The van der Waals surface area contributed by atoms with E-state index in [1.807, 2.05) is 93.6 Å². The molecule has 0 aliphatic heterocycles. The van der Waals surface area contributed by atoms with Gasteiger partial charge in [0, 0.05) is 35.0 Å². The molecule has 184 valence electrons. The van der Waals surface area contributed by atoms with E-state index in [1.165, 1.54) is 0 Å². The number of carbonyl (C=O) groups is 2. The van der Waals surface area contributed by atoms with E-state index in [9.17, 15) is 9.59 Å². The minimum absolute atomic E-state index is 0.130. The normalized spacial score (nSPS) is 12.1. The molecule has 3 aromatic rings. The smallest absolute Gasteiger partial charge is 0.243 e. The van der Waals surface area contributed by atoms with Crippen molar-refractivity contribution in [3.05, 3.63) is 106 Å². The minimum Gasteiger partial charge on any atom is -0.350 e. The summed E-state index contributed by atoms with van der Waals surface area (Å²) >= 11 is 12.8. The lowest BCUT2D eigenvalue weighted by Gasteiger charge is -2.34. The molecule has 2 amide bonds. The minimum atomic E-state index is -0.702. The van der Waals surface area contributed by atoms with Crippen LogP contribution in [-0.2, 0) is 29.0 Å². The second-order valence-electron chi connectivity index (χ2n) is 9.65. The van der Waals surface area contributed by atoms with Crippen molar-refractivity contribution < 1.29 is 9.59 Å². The molecule has 6 heteroatoms. The molecule has 0 aliphatic rings. The lowest BCUT2D eigenvalue weighted by molar-refractivity contribution is -0.141. The zero-order chi connectivity index (χ0) is 25.4. The Labute approximate surface area is 218 Å². The molecular weight excluding hydrogens is 479 g/mol. The number of amides is 2. The third-order valence-corrected chi connectivity index (χ3v) is 6.37. The quantitative estimate of drug-likeness (QED) is 0.358. The monoisotopic (exact) mass is 510 g/mol. The van der Waals surface area contributed by atoms with E-state index in [1.54, 1.807) is 11.0 Å². The summed E-state index contributed by atoms with van der Waals surface area (Å²) < 4.78 is 0. The first-order valence-corrected chi connectivity index (χ1v) is 12.5. The fourth-order valence-electron chi connectivity index (χ4n) is 3.90. The molecule has 0 heterocycles. The van der Waals surface area contributed by atoms with Gasteiger partial charge < -0.3 is 10.2 Å². The summed E-state index contributed by atoms with van der Waals surface area (Å²) in [5.41, 5.74) is 2.23. The molecule has 0 saturated carbocycles. The van der Waals surface area contributed by atoms with Gasteiger partial charge in [-0.05, 0) is 56.0 Å². The molecule has 35 heavy (non-hydrogen) atoms. The number of nitrogens with one attached hydrogen (secondary N) is 1. The standard InChI is InChI=1S/C29H32Cl2N2O2/c1-29(2,3)32-28(35)26(19-21-11-5-4-6-12-21)33(20-23-14-8-10-16-25(23)31)27(34)18-17-22-13-7-9-15-24(22)30/h4-16,26H,17-20H2,1-3H3,(H,32,35)/t26-/m1/s1. The highest BCUT2D eigenvalue weighted by Crippen LogP contribution is 2.23. The number of aryl methyl sites for hydroxylation is 1. The molecule has 1 atom stereocenters. The maximum atomic E-state index is 13.7. The fourth-order valence-corrected chi connectivity index (χ4v) is 4.33. The third-order valence-electron chi connectivity index (χ3n) is 5.63. The Kier molecular flexibility index (Phi) is 9.36. The topological polar surface area (TPSA) is 49.4 Å². The largest absolute Gasteiger partial charge is 0.350 e. The van der Waals surface area contributed by atoms with Crippen LogP contribution in [-0.4, -0.2) is 28.3 Å². The first-order chi connectivity index (χ1) is 16.6. The summed E-state index contributed by atoms with van der Waals surface area (Å²) in [6, 6.07) is 24.0. The van der Waals surface area contributed by atoms with Gasteiger partial charge in [0.25, 0.3) is 0 Å². The molecule has 0 aliphatic carbocycles. The third kappa shape index (κ3) is 8.12. The zero-order valence-corrected chi connectivity index (χ0v) is 21.9. The summed E-state index contributed by atoms with van der Waals surface area (Å²) in [7, 11) is 0. The van der Waals surface area contributed by atoms with E-state index in [4.69, 9.17) is 23.2 Å². The van der Waals surface area contributed by atoms with Crippen molar-refractivity contribution in [2.45, 2.75) is 58.2 Å². The Bertz CT molecular complexity index is 1140. The summed E-state index contributed by atoms with van der Waals surface area (Å²) in [4.78, 5) is 28.9. The second kappa shape index (κ2) is 12.2. The van der Waals surface area contributed by atoms with Crippen LogP contribution in [0.4, 0.5) is 0 Å². The van der Waals surface area contributed by atoms with Crippen LogP contribution in [0.1, 0.15) is 43.9 Å². The van der Waals surface area contributed by atoms with Crippen LogP contribution in [0, 0.1) is 0 Å². The second-order valence-corrected chi connectivity index (χ2v) is 10.5. The van der Waals surface area contributed by atoms with Crippen LogP contribution < -0.4 is 5.32 Å². The number of carbonyl (C=O) groups excluding carboxylic acids is 2. The Hall–Kier alpha value is -2.82. The van der Waals surface area contributed by atoms with Gasteiger partial charge in [-0.1, -0.05) is 89.9 Å². The van der Waals surface area contributed by atoms with Gasteiger partial charge in [0.2, 0.25) is 11.8 Å². The first-order valence-electron chi connectivity index (χ1n) is 11.8. The summed E-state index contributed by atoms with van der Waals surface area (Å²) in [6.45, 7) is 6.03. The summed E-state index contributed by atoms with van der Waals surface area (Å²) in [6.07, 6.45) is 1.10. The number of benzene rings is 3. The average molecular weight is 511 g/mol. The maximum absolute atomic E-state index is 13.7. The van der Waals surface area contributed by atoms with Crippen molar-refractivity contribution >= 4 is 35.0 Å². The lowest BCUT2D eigenvalue weighted by atomic mass is 10.00. The van der Waals surface area contributed by atoms with Gasteiger partial charge in [0.1, 0.15) is 6.04 Å². The van der Waals surface area contributed by atoms with Gasteiger partial charge in [0.05, 0.1) is 0 Å². The average Bonchev–Trinajstić information content (AvgIpc) is 2.81. The highest BCUT2D eigenvalue weighted by Gasteiger charge is 2.32. The van der Waals surface area contributed by atoms with Gasteiger partial charge in [-0.3, -0.25) is 9.59 Å². The summed E-state index contributed by atoms with van der Waals surface area (Å²) in [5, 5.41) is 4.26. The van der Waals surface area contributed by atoms with Crippen molar-refractivity contribution in [1.82, 2.24) is 10.2 Å². The molecule has 3 rings (SSSR count). The van der Waals surface area contributed by atoms with E-state index in [-0.39, 0.29) is 24.8 Å². The van der Waals surface area contributed by atoms with Gasteiger partial charge in [-0.2, -0.15) is 0 Å². The van der Waals surface area contributed by atoms with Crippen molar-refractivity contribution in [3.8, 4) is 0 Å². The van der Waals surface area contributed by atoms with Gasteiger partial charge in [0.15, 0.2) is 0 Å². The molecule has 0 bridgehead atoms. The number of nitrogens with zero attached hydrogens (tertiary/aromatic N) is 1. The molecular formula is C29H32Cl2N2O2. The molecule has 0 saturated heterocycles. The van der Waals surface area contributed by atoms with E-state index in [0.29, 0.717) is 22.9 Å². The Morgan fingerprint density at radius 2 is 1.37 bits per heavy atom. The highest BCUT2D eigenvalue weighted by molar-refractivity contribution is 6.31. The molecule has 0 radical (unpaired) electrons. The SMILES string of the molecule is CC(C)(C)NC(=O)[C@@H](Cc1ccccc1)N(Cc1ccccc1Cl)C(=O)CCc1ccccc1Cl. The maximum Gasteiger partial charge on any atom is 0.243 e. The first kappa shape index (κ1) is 26.8. The number of hydrogen-bond acceptors (Lipinski definition) is 2. The van der Waals surface area contributed by atoms with Gasteiger partial charge in [-0.25, -0.2) is 0 Å². The van der Waals surface area contributed by atoms with E-state index >= 15 is 0 Å². The van der Waals surface area contributed by atoms with E-state index < -0.39 is 11.6 Å². The lowest BCUT2D eigenvalue weighted by Crippen LogP contribution is -2.54. The number of halogens is 2. The number of hydrogen-bond donors (Lipinski definition) is 1. The molecule has 0 unspecified atom stereocenters. The molecule has 0 spiro atoms. The van der Waals surface area contributed by atoms with Crippen LogP contribution in [0.25, 0.3) is 0 Å². The Balaban J connectivity index is 1.95. The number of rotatable bonds is 9. The molecule has 0 aromatic heterocycles. The Morgan fingerprint density at radius 1 is 0.829 bits per heavy atom. The van der Waals surface area contributed by atoms with Crippen molar-refractivity contribution in [2.75, 3.05) is 0 Å². The van der Waals surface area contributed by atoms with Crippen molar-refractivity contribution in [2.24, 2.45) is 0 Å². The van der Waals surface area contributed by atoms with Crippen LogP contribution >= 0.6 is 23.2 Å².